The average molecular weight is 337 g/mol. The first-order valence-electron chi connectivity index (χ1n) is 8.27. The lowest BCUT2D eigenvalue weighted by molar-refractivity contribution is -0.142. The lowest BCUT2D eigenvalue weighted by Crippen LogP contribution is -2.45. The fraction of sp³-hybridized carbons (Fsp3) is 0.250. The van der Waals surface area contributed by atoms with Crippen LogP contribution in [0.5, 0.6) is 11.5 Å². The highest BCUT2D eigenvalue weighted by molar-refractivity contribution is 5.82. The van der Waals surface area contributed by atoms with Gasteiger partial charge in [0, 0.05) is 12.4 Å². The first-order chi connectivity index (χ1) is 12.1. The predicted octanol–water partition coefficient (Wildman–Crippen LogP) is 3.79. The number of carbonyl (C=O) groups excluding carboxylic acids is 1. The zero-order valence-electron chi connectivity index (χ0n) is 14.1. The summed E-state index contributed by atoms with van der Waals surface area (Å²) in [6, 6.07) is 16.9. The molecule has 0 saturated carbocycles. The maximum atomic E-state index is 12.8. The molecule has 1 aliphatic rings. The van der Waals surface area contributed by atoms with Crippen LogP contribution in [0.15, 0.2) is 59.0 Å². The van der Waals surface area contributed by atoms with Crippen molar-refractivity contribution in [3.8, 4) is 11.5 Å². The molecule has 1 aromatic heterocycles. The van der Waals surface area contributed by atoms with Crippen LogP contribution in [0.2, 0.25) is 0 Å². The normalized spacial score (nSPS) is 17.3. The van der Waals surface area contributed by atoms with Crippen molar-refractivity contribution < 1.29 is 18.7 Å². The molecule has 5 nitrogen and oxygen atoms in total. The minimum absolute atomic E-state index is 0.137. The summed E-state index contributed by atoms with van der Waals surface area (Å²) in [5, 5.41) is 1.02. The summed E-state index contributed by atoms with van der Waals surface area (Å²) < 4.78 is 17.3. The van der Waals surface area contributed by atoms with Crippen LogP contribution in [0, 0.1) is 0 Å². The number of benzene rings is 2. The third kappa shape index (κ3) is 2.82. The Bertz CT molecular complexity index is 884. The summed E-state index contributed by atoms with van der Waals surface area (Å²) in [4.78, 5) is 14.5. The molecule has 0 unspecified atom stereocenters. The molecule has 0 radical (unpaired) electrons. The number of nitrogens with zero attached hydrogens (tertiary/aromatic N) is 1. The Kier molecular flexibility index (Phi) is 3.84. The molecule has 5 heteroatoms. The van der Waals surface area contributed by atoms with Gasteiger partial charge in [0.1, 0.15) is 18.0 Å². The van der Waals surface area contributed by atoms with Crippen LogP contribution in [0.3, 0.4) is 0 Å². The highest BCUT2D eigenvalue weighted by Gasteiger charge is 2.32. The molecule has 3 aromatic rings. The van der Waals surface area contributed by atoms with E-state index in [1.165, 1.54) is 0 Å². The standard InChI is InChI=1S/C20H19NO4/c1-13(18-11-14-7-3-4-8-15(14)24-18)21(2)20(22)19-12-23-16-9-5-6-10-17(16)25-19/h3-11,13,19H,12H2,1-2H3/t13-,19-/m0/s1. The Morgan fingerprint density at radius 2 is 1.84 bits per heavy atom. The van der Waals surface area contributed by atoms with Gasteiger partial charge in [0.2, 0.25) is 6.10 Å². The van der Waals surface area contributed by atoms with Crippen LogP contribution in [0.1, 0.15) is 18.7 Å². The number of ether oxygens (including phenoxy) is 2. The van der Waals surface area contributed by atoms with Crippen LogP contribution in [-0.4, -0.2) is 30.6 Å². The molecular formula is C20H19NO4. The molecule has 1 amide bonds. The zero-order valence-corrected chi connectivity index (χ0v) is 14.1. The molecular weight excluding hydrogens is 318 g/mol. The minimum atomic E-state index is -0.660. The van der Waals surface area contributed by atoms with Crippen LogP contribution in [0.4, 0.5) is 0 Å². The molecule has 0 N–H and O–H groups in total. The third-order valence-corrected chi connectivity index (χ3v) is 4.57. The first kappa shape index (κ1) is 15.6. The number of para-hydroxylation sites is 3. The quantitative estimate of drug-likeness (QED) is 0.730. The molecule has 2 atom stereocenters. The van der Waals surface area contributed by atoms with Gasteiger partial charge in [-0.1, -0.05) is 30.3 Å². The van der Waals surface area contributed by atoms with E-state index in [4.69, 9.17) is 13.9 Å². The SMILES string of the molecule is C[C@@H](c1cc2ccccc2o1)N(C)C(=O)[C@@H]1COc2ccccc2O1. The monoisotopic (exact) mass is 337 g/mol. The van der Waals surface area contributed by atoms with E-state index in [0.29, 0.717) is 11.5 Å². The molecule has 4 rings (SSSR count). The second-order valence-electron chi connectivity index (χ2n) is 6.18. The Labute approximate surface area is 145 Å². The van der Waals surface area contributed by atoms with Gasteiger partial charge in [-0.3, -0.25) is 4.79 Å². The van der Waals surface area contributed by atoms with E-state index >= 15 is 0 Å². The van der Waals surface area contributed by atoms with Crippen molar-refractivity contribution in [2.24, 2.45) is 0 Å². The van der Waals surface area contributed by atoms with Gasteiger partial charge in [-0.15, -0.1) is 0 Å². The van der Waals surface area contributed by atoms with Crippen molar-refractivity contribution in [2.45, 2.75) is 19.1 Å². The molecule has 2 aromatic carbocycles. The van der Waals surface area contributed by atoms with E-state index in [1.54, 1.807) is 18.0 Å². The van der Waals surface area contributed by atoms with E-state index in [1.807, 2.05) is 55.5 Å². The second-order valence-corrected chi connectivity index (χ2v) is 6.18. The smallest absolute Gasteiger partial charge is 0.267 e. The largest absolute Gasteiger partial charge is 0.485 e. The van der Waals surface area contributed by atoms with Crippen LogP contribution >= 0.6 is 0 Å². The third-order valence-electron chi connectivity index (χ3n) is 4.57. The van der Waals surface area contributed by atoms with Gasteiger partial charge in [-0.2, -0.15) is 0 Å². The van der Waals surface area contributed by atoms with Crippen LogP contribution in [0.25, 0.3) is 11.0 Å². The van der Waals surface area contributed by atoms with Gasteiger partial charge in [-0.05, 0) is 31.2 Å². The summed E-state index contributed by atoms with van der Waals surface area (Å²) >= 11 is 0. The zero-order chi connectivity index (χ0) is 17.4. The average Bonchev–Trinajstić information content (AvgIpc) is 3.10. The van der Waals surface area contributed by atoms with Gasteiger partial charge in [-0.25, -0.2) is 0 Å². The van der Waals surface area contributed by atoms with Crippen molar-refractivity contribution in [1.29, 1.82) is 0 Å². The number of hydrogen-bond acceptors (Lipinski definition) is 4. The van der Waals surface area contributed by atoms with Crippen molar-refractivity contribution in [3.63, 3.8) is 0 Å². The van der Waals surface area contributed by atoms with Crippen LogP contribution < -0.4 is 9.47 Å². The van der Waals surface area contributed by atoms with Gasteiger partial charge in [0.05, 0.1) is 6.04 Å². The molecule has 0 spiro atoms. The van der Waals surface area contributed by atoms with E-state index in [-0.39, 0.29) is 18.6 Å². The second kappa shape index (κ2) is 6.16. The molecule has 128 valence electrons. The van der Waals surface area contributed by atoms with Crippen LogP contribution in [-0.2, 0) is 4.79 Å². The van der Waals surface area contributed by atoms with E-state index in [9.17, 15) is 4.79 Å². The summed E-state index contributed by atoms with van der Waals surface area (Å²) in [5.41, 5.74) is 0.816. The maximum absolute atomic E-state index is 12.8. The summed E-state index contributed by atoms with van der Waals surface area (Å²) in [6.07, 6.45) is -0.660. The van der Waals surface area contributed by atoms with E-state index in [2.05, 4.69) is 0 Å². The lowest BCUT2D eigenvalue weighted by atomic mass is 10.1. The van der Waals surface area contributed by atoms with Crippen molar-refractivity contribution in [2.75, 3.05) is 13.7 Å². The number of likely N-dealkylation sites (N-methyl/N-ethyl adjacent to an activating group) is 1. The topological polar surface area (TPSA) is 51.9 Å². The Morgan fingerprint density at radius 1 is 1.12 bits per heavy atom. The molecule has 0 fully saturated rings. The number of carbonyl (C=O) groups is 1. The number of rotatable bonds is 3. The fourth-order valence-electron chi connectivity index (χ4n) is 2.96. The number of furan rings is 1. The van der Waals surface area contributed by atoms with Crippen molar-refractivity contribution in [3.05, 3.63) is 60.4 Å². The summed E-state index contributed by atoms with van der Waals surface area (Å²) in [5.74, 6) is 1.87. The highest BCUT2D eigenvalue weighted by Crippen LogP contribution is 2.32. The number of fused-ring (bicyclic) bond motifs is 2. The lowest BCUT2D eigenvalue weighted by Gasteiger charge is -2.31. The summed E-state index contributed by atoms with van der Waals surface area (Å²) in [7, 11) is 1.75. The number of amides is 1. The van der Waals surface area contributed by atoms with E-state index in [0.717, 1.165) is 16.7 Å². The van der Waals surface area contributed by atoms with Gasteiger partial charge in [0.15, 0.2) is 11.5 Å². The molecule has 0 bridgehead atoms. The molecule has 0 saturated heterocycles. The fourth-order valence-corrected chi connectivity index (χ4v) is 2.96. The maximum Gasteiger partial charge on any atom is 0.267 e. The first-order valence-corrected chi connectivity index (χ1v) is 8.27. The molecule has 0 aliphatic carbocycles. The summed E-state index contributed by atoms with van der Waals surface area (Å²) in [6.45, 7) is 2.14. The minimum Gasteiger partial charge on any atom is -0.485 e. The predicted molar refractivity (Wildman–Crippen MR) is 93.8 cm³/mol. The Hall–Kier alpha value is -2.95. The van der Waals surface area contributed by atoms with Gasteiger partial charge < -0.3 is 18.8 Å². The molecule has 25 heavy (non-hydrogen) atoms. The Morgan fingerprint density at radius 3 is 2.64 bits per heavy atom. The highest BCUT2D eigenvalue weighted by atomic mass is 16.6. The van der Waals surface area contributed by atoms with Gasteiger partial charge in [0.25, 0.3) is 5.91 Å². The van der Waals surface area contributed by atoms with E-state index < -0.39 is 6.10 Å². The van der Waals surface area contributed by atoms with Crippen molar-refractivity contribution >= 4 is 16.9 Å². The molecule has 2 heterocycles. The molecule has 1 aliphatic heterocycles. The van der Waals surface area contributed by atoms with Crippen molar-refractivity contribution in [1.82, 2.24) is 4.90 Å². The Balaban J connectivity index is 1.52. The number of hydrogen-bond donors (Lipinski definition) is 0. The van der Waals surface area contributed by atoms with Gasteiger partial charge >= 0.3 is 0 Å².